The van der Waals surface area contributed by atoms with E-state index in [0.29, 0.717) is 11.7 Å². The molecule has 0 fully saturated rings. The van der Waals surface area contributed by atoms with Crippen molar-refractivity contribution in [2.45, 2.75) is 25.9 Å². The maximum absolute atomic E-state index is 10.0. The highest BCUT2D eigenvalue weighted by Gasteiger charge is 2.14. The van der Waals surface area contributed by atoms with Crippen molar-refractivity contribution in [3.8, 4) is 5.75 Å². The number of ether oxygens (including phenoxy) is 1. The highest BCUT2D eigenvalue weighted by molar-refractivity contribution is 7.98. The Bertz CT molecular complexity index is 337. The van der Waals surface area contributed by atoms with Gasteiger partial charge in [0.05, 0.1) is 13.2 Å². The van der Waals surface area contributed by atoms with Crippen molar-refractivity contribution < 1.29 is 9.84 Å². The van der Waals surface area contributed by atoms with E-state index < -0.39 is 6.10 Å². The van der Waals surface area contributed by atoms with Gasteiger partial charge in [-0.2, -0.15) is 11.8 Å². The lowest BCUT2D eigenvalue weighted by atomic mass is 9.98. The number of rotatable bonds is 5. The Labute approximate surface area is 102 Å². The van der Waals surface area contributed by atoms with Gasteiger partial charge in [-0.15, -0.1) is 0 Å². The van der Waals surface area contributed by atoms with Gasteiger partial charge < -0.3 is 9.84 Å². The summed E-state index contributed by atoms with van der Waals surface area (Å²) in [5, 5.41) is 10.0. The summed E-state index contributed by atoms with van der Waals surface area (Å²) in [6.07, 6.45) is 1.53. The summed E-state index contributed by atoms with van der Waals surface area (Å²) in [4.78, 5) is 0. The highest BCUT2D eigenvalue weighted by atomic mass is 32.2. The number of methoxy groups -OCH3 is 1. The summed E-state index contributed by atoms with van der Waals surface area (Å²) in [7, 11) is 1.64. The molecule has 1 unspecified atom stereocenters. The standard InChI is InChI=1S/C13H20O2S/c1-9(2)10-5-6-13(15-3)11(7-10)12(14)8-16-4/h5-7,9,12,14H,8H2,1-4H3. The first kappa shape index (κ1) is 13.4. The lowest BCUT2D eigenvalue weighted by Gasteiger charge is -2.16. The Morgan fingerprint density at radius 3 is 2.56 bits per heavy atom. The van der Waals surface area contributed by atoms with Crippen molar-refractivity contribution in [2.75, 3.05) is 19.1 Å². The predicted molar refractivity (Wildman–Crippen MR) is 70.4 cm³/mol. The molecule has 0 radical (unpaired) electrons. The lowest BCUT2D eigenvalue weighted by molar-refractivity contribution is 0.199. The van der Waals surface area contributed by atoms with E-state index in [9.17, 15) is 5.11 Å². The average Bonchev–Trinajstić information content (AvgIpc) is 2.28. The first-order chi connectivity index (χ1) is 7.60. The van der Waals surface area contributed by atoms with Crippen LogP contribution >= 0.6 is 11.8 Å². The van der Waals surface area contributed by atoms with Crippen LogP contribution in [0.5, 0.6) is 5.75 Å². The van der Waals surface area contributed by atoms with Crippen molar-refractivity contribution >= 4 is 11.8 Å². The number of benzene rings is 1. The smallest absolute Gasteiger partial charge is 0.124 e. The molecule has 16 heavy (non-hydrogen) atoms. The molecule has 3 heteroatoms. The number of aliphatic hydroxyl groups is 1. The largest absolute Gasteiger partial charge is 0.496 e. The summed E-state index contributed by atoms with van der Waals surface area (Å²) in [5.74, 6) is 1.93. The van der Waals surface area contributed by atoms with E-state index in [4.69, 9.17) is 4.74 Å². The number of aliphatic hydroxyl groups excluding tert-OH is 1. The highest BCUT2D eigenvalue weighted by Crippen LogP contribution is 2.30. The minimum Gasteiger partial charge on any atom is -0.496 e. The van der Waals surface area contributed by atoms with Crippen LogP contribution < -0.4 is 4.74 Å². The zero-order chi connectivity index (χ0) is 12.1. The van der Waals surface area contributed by atoms with Gasteiger partial charge in [0.15, 0.2) is 0 Å². The fraction of sp³-hybridized carbons (Fsp3) is 0.538. The molecule has 0 spiro atoms. The van der Waals surface area contributed by atoms with Crippen LogP contribution in [-0.4, -0.2) is 24.2 Å². The molecule has 0 aliphatic carbocycles. The maximum Gasteiger partial charge on any atom is 0.124 e. The number of hydrogen-bond acceptors (Lipinski definition) is 3. The third kappa shape index (κ3) is 3.16. The molecule has 0 heterocycles. The summed E-state index contributed by atoms with van der Waals surface area (Å²) < 4.78 is 5.28. The third-order valence-electron chi connectivity index (χ3n) is 2.60. The predicted octanol–water partition coefficient (Wildman–Crippen LogP) is 3.22. The van der Waals surface area contributed by atoms with Crippen LogP contribution in [0.15, 0.2) is 18.2 Å². The Balaban J connectivity index is 3.06. The van der Waals surface area contributed by atoms with Crippen LogP contribution in [-0.2, 0) is 0 Å². The monoisotopic (exact) mass is 240 g/mol. The average molecular weight is 240 g/mol. The molecule has 0 amide bonds. The van der Waals surface area contributed by atoms with Crippen LogP contribution in [0.1, 0.15) is 37.0 Å². The maximum atomic E-state index is 10.0. The molecule has 1 aromatic carbocycles. The molecule has 1 aromatic rings. The number of hydrogen-bond donors (Lipinski definition) is 1. The second kappa shape index (κ2) is 6.16. The van der Waals surface area contributed by atoms with Gasteiger partial charge in [-0.1, -0.05) is 19.9 Å². The van der Waals surface area contributed by atoms with E-state index in [1.165, 1.54) is 5.56 Å². The summed E-state index contributed by atoms with van der Waals surface area (Å²) in [6.45, 7) is 4.29. The van der Waals surface area contributed by atoms with Gasteiger partial charge >= 0.3 is 0 Å². The molecule has 2 nitrogen and oxygen atoms in total. The minimum atomic E-state index is -0.455. The summed E-state index contributed by atoms with van der Waals surface area (Å²) >= 11 is 1.63. The minimum absolute atomic E-state index is 0.455. The molecule has 0 aliphatic rings. The second-order valence-electron chi connectivity index (χ2n) is 4.13. The molecule has 0 aromatic heterocycles. The molecular weight excluding hydrogens is 220 g/mol. The molecule has 0 saturated heterocycles. The zero-order valence-corrected chi connectivity index (χ0v) is 11.2. The van der Waals surface area contributed by atoms with Crippen LogP contribution in [0, 0.1) is 0 Å². The summed E-state index contributed by atoms with van der Waals surface area (Å²) in [5.41, 5.74) is 2.12. The van der Waals surface area contributed by atoms with Gasteiger partial charge in [0, 0.05) is 11.3 Å². The van der Waals surface area contributed by atoms with Crippen molar-refractivity contribution in [2.24, 2.45) is 0 Å². The molecular formula is C13H20O2S. The van der Waals surface area contributed by atoms with Gasteiger partial charge in [-0.25, -0.2) is 0 Å². The van der Waals surface area contributed by atoms with Crippen LogP contribution in [0.25, 0.3) is 0 Å². The van der Waals surface area contributed by atoms with Gasteiger partial charge in [-0.3, -0.25) is 0 Å². The summed E-state index contributed by atoms with van der Waals surface area (Å²) in [6, 6.07) is 6.04. The number of thioether (sulfide) groups is 1. The molecule has 1 rings (SSSR count). The Hall–Kier alpha value is -0.670. The Morgan fingerprint density at radius 2 is 2.06 bits per heavy atom. The third-order valence-corrected chi connectivity index (χ3v) is 3.25. The topological polar surface area (TPSA) is 29.5 Å². The Kier molecular flexibility index (Phi) is 5.16. The van der Waals surface area contributed by atoms with Crippen molar-refractivity contribution in [3.05, 3.63) is 29.3 Å². The van der Waals surface area contributed by atoms with Gasteiger partial charge in [0.1, 0.15) is 5.75 Å². The first-order valence-corrected chi connectivity index (χ1v) is 6.84. The molecule has 0 bridgehead atoms. The molecule has 90 valence electrons. The second-order valence-corrected chi connectivity index (χ2v) is 5.04. The SMILES string of the molecule is COc1ccc(C(C)C)cc1C(O)CSC. The van der Waals surface area contributed by atoms with Gasteiger partial charge in [0.2, 0.25) is 0 Å². The molecule has 0 saturated carbocycles. The van der Waals surface area contributed by atoms with E-state index in [-0.39, 0.29) is 0 Å². The quantitative estimate of drug-likeness (QED) is 0.857. The first-order valence-electron chi connectivity index (χ1n) is 5.45. The molecule has 1 atom stereocenters. The van der Waals surface area contributed by atoms with E-state index in [0.717, 1.165) is 11.3 Å². The van der Waals surface area contributed by atoms with Gasteiger partial charge in [-0.05, 0) is 29.9 Å². The fourth-order valence-electron chi connectivity index (χ4n) is 1.62. The fourth-order valence-corrected chi connectivity index (χ4v) is 2.12. The van der Waals surface area contributed by atoms with E-state index in [1.54, 1.807) is 18.9 Å². The molecule has 1 N–H and O–H groups in total. The van der Waals surface area contributed by atoms with Crippen LogP contribution in [0.2, 0.25) is 0 Å². The Morgan fingerprint density at radius 1 is 1.38 bits per heavy atom. The molecule has 0 aliphatic heterocycles. The van der Waals surface area contributed by atoms with E-state index in [1.807, 2.05) is 18.4 Å². The van der Waals surface area contributed by atoms with Crippen molar-refractivity contribution in [3.63, 3.8) is 0 Å². The van der Waals surface area contributed by atoms with Gasteiger partial charge in [0.25, 0.3) is 0 Å². The lowest BCUT2D eigenvalue weighted by Crippen LogP contribution is -2.04. The van der Waals surface area contributed by atoms with Crippen molar-refractivity contribution in [1.29, 1.82) is 0 Å². The normalized spacial score (nSPS) is 12.9. The van der Waals surface area contributed by atoms with Crippen molar-refractivity contribution in [1.82, 2.24) is 0 Å². The zero-order valence-electron chi connectivity index (χ0n) is 10.4. The van der Waals surface area contributed by atoms with E-state index >= 15 is 0 Å². The van der Waals surface area contributed by atoms with Crippen LogP contribution in [0.3, 0.4) is 0 Å². The van der Waals surface area contributed by atoms with Crippen LogP contribution in [0.4, 0.5) is 0 Å². The van der Waals surface area contributed by atoms with E-state index in [2.05, 4.69) is 19.9 Å².